The molecule has 1 aromatic heterocycles. The van der Waals surface area contributed by atoms with Crippen LogP contribution in [0.1, 0.15) is 17.8 Å². The Hall–Kier alpha value is -1.00. The van der Waals surface area contributed by atoms with Crippen LogP contribution >= 0.6 is 11.3 Å². The smallest absolute Gasteiger partial charge is 0.125 e. The third-order valence-electron chi connectivity index (χ3n) is 3.03. The molecule has 0 spiro atoms. The molecule has 1 aliphatic rings. The molecule has 2 nitrogen and oxygen atoms in total. The topological polar surface area (TPSA) is 38.9 Å². The molecule has 0 amide bonds. The van der Waals surface area contributed by atoms with Crippen LogP contribution < -0.4 is 5.73 Å². The molecule has 4 heteroatoms. The van der Waals surface area contributed by atoms with Gasteiger partial charge in [-0.25, -0.2) is 9.37 Å². The minimum absolute atomic E-state index is 0.226. The molecule has 84 valence electrons. The van der Waals surface area contributed by atoms with E-state index in [1.807, 2.05) is 0 Å². The van der Waals surface area contributed by atoms with Gasteiger partial charge in [0.25, 0.3) is 0 Å². The van der Waals surface area contributed by atoms with Crippen molar-refractivity contribution in [2.24, 2.45) is 11.7 Å². The van der Waals surface area contributed by atoms with Crippen molar-refractivity contribution in [1.82, 2.24) is 4.98 Å². The maximum atomic E-state index is 13.0. The van der Waals surface area contributed by atoms with E-state index in [1.165, 1.54) is 25.0 Å². The van der Waals surface area contributed by atoms with E-state index < -0.39 is 0 Å². The molecule has 1 aliphatic carbocycles. The van der Waals surface area contributed by atoms with Crippen LogP contribution in [0.4, 0.5) is 4.39 Å². The largest absolute Gasteiger partial charge is 0.327 e. The zero-order valence-corrected chi connectivity index (χ0v) is 9.64. The van der Waals surface area contributed by atoms with Crippen LogP contribution in [0, 0.1) is 11.7 Å². The first-order valence-electron chi connectivity index (χ1n) is 5.53. The van der Waals surface area contributed by atoms with Crippen molar-refractivity contribution in [3.8, 4) is 0 Å². The van der Waals surface area contributed by atoms with Crippen molar-refractivity contribution in [3.05, 3.63) is 29.0 Å². The Balaban J connectivity index is 1.86. The fourth-order valence-corrected chi connectivity index (χ4v) is 2.95. The molecular formula is C12H13FN2S. The molecule has 0 radical (unpaired) electrons. The highest BCUT2D eigenvalue weighted by atomic mass is 32.1. The molecule has 0 aliphatic heterocycles. The number of aromatic nitrogens is 1. The summed E-state index contributed by atoms with van der Waals surface area (Å²) >= 11 is 1.62. The number of fused-ring (bicyclic) bond motifs is 1. The number of benzene rings is 1. The average Bonchev–Trinajstić information content (AvgIpc) is 3.00. The van der Waals surface area contributed by atoms with Gasteiger partial charge in [0.1, 0.15) is 5.82 Å². The van der Waals surface area contributed by atoms with E-state index in [1.54, 1.807) is 17.4 Å². The molecule has 2 N–H and O–H groups in total. The van der Waals surface area contributed by atoms with Crippen LogP contribution in [0.2, 0.25) is 0 Å². The zero-order chi connectivity index (χ0) is 11.1. The third kappa shape index (κ3) is 1.95. The minimum atomic E-state index is -0.226. The second-order valence-electron chi connectivity index (χ2n) is 4.43. The third-order valence-corrected chi connectivity index (χ3v) is 4.09. The van der Waals surface area contributed by atoms with Crippen LogP contribution in [0.15, 0.2) is 18.2 Å². The monoisotopic (exact) mass is 236 g/mol. The second-order valence-corrected chi connectivity index (χ2v) is 5.54. The lowest BCUT2D eigenvalue weighted by Crippen LogP contribution is -2.24. The number of hydrogen-bond donors (Lipinski definition) is 1. The first-order chi connectivity index (χ1) is 7.72. The van der Waals surface area contributed by atoms with Crippen LogP contribution in [-0.4, -0.2) is 11.0 Å². The normalized spacial score (nSPS) is 17.9. The van der Waals surface area contributed by atoms with Gasteiger partial charge in [0.2, 0.25) is 0 Å². The summed E-state index contributed by atoms with van der Waals surface area (Å²) in [7, 11) is 0. The number of rotatable bonds is 3. The summed E-state index contributed by atoms with van der Waals surface area (Å²) in [5.74, 6) is 0.458. The molecule has 1 unspecified atom stereocenters. The highest BCUT2D eigenvalue weighted by molar-refractivity contribution is 7.18. The van der Waals surface area contributed by atoms with Crippen molar-refractivity contribution < 1.29 is 4.39 Å². The van der Waals surface area contributed by atoms with Gasteiger partial charge in [-0.1, -0.05) is 0 Å². The lowest BCUT2D eigenvalue weighted by molar-refractivity contribution is 0.590. The van der Waals surface area contributed by atoms with Crippen molar-refractivity contribution in [3.63, 3.8) is 0 Å². The van der Waals surface area contributed by atoms with E-state index in [0.29, 0.717) is 5.92 Å². The zero-order valence-electron chi connectivity index (χ0n) is 8.82. The summed E-state index contributed by atoms with van der Waals surface area (Å²) < 4.78 is 14.0. The van der Waals surface area contributed by atoms with Gasteiger partial charge in [-0.15, -0.1) is 11.3 Å². The van der Waals surface area contributed by atoms with Gasteiger partial charge in [0.05, 0.1) is 15.2 Å². The molecule has 3 rings (SSSR count). The number of nitrogens with zero attached hydrogens (tertiary/aromatic N) is 1. The van der Waals surface area contributed by atoms with E-state index in [-0.39, 0.29) is 11.9 Å². The minimum Gasteiger partial charge on any atom is -0.327 e. The fraction of sp³-hybridized carbons (Fsp3) is 0.417. The Kier molecular flexibility index (Phi) is 2.41. The number of thiazole rings is 1. The number of hydrogen-bond acceptors (Lipinski definition) is 3. The Bertz CT molecular complexity index is 519. The van der Waals surface area contributed by atoms with Gasteiger partial charge < -0.3 is 5.73 Å². The lowest BCUT2D eigenvalue weighted by atomic mass is 10.1. The predicted octanol–water partition coefficient (Wildman–Crippen LogP) is 2.72. The summed E-state index contributed by atoms with van der Waals surface area (Å²) in [4.78, 5) is 4.42. The first kappa shape index (κ1) is 10.2. The molecule has 2 aromatic rings. The fourth-order valence-electron chi connectivity index (χ4n) is 1.93. The van der Waals surface area contributed by atoms with Crippen molar-refractivity contribution in [1.29, 1.82) is 0 Å². The van der Waals surface area contributed by atoms with E-state index in [2.05, 4.69) is 4.98 Å². The van der Waals surface area contributed by atoms with Gasteiger partial charge in [-0.2, -0.15) is 0 Å². The van der Waals surface area contributed by atoms with E-state index >= 15 is 0 Å². The molecule has 1 saturated carbocycles. The summed E-state index contributed by atoms with van der Waals surface area (Å²) in [6, 6.07) is 4.97. The van der Waals surface area contributed by atoms with Gasteiger partial charge in [0.15, 0.2) is 0 Å². The van der Waals surface area contributed by atoms with Crippen LogP contribution in [-0.2, 0) is 6.42 Å². The SMILES string of the molecule is NC(Cc1nc2cc(F)ccc2s1)C1CC1. The Morgan fingerprint density at radius 3 is 3.06 bits per heavy atom. The van der Waals surface area contributed by atoms with Crippen LogP contribution in [0.3, 0.4) is 0 Å². The molecule has 0 bridgehead atoms. The maximum absolute atomic E-state index is 13.0. The first-order valence-corrected chi connectivity index (χ1v) is 6.34. The molecule has 1 heterocycles. The van der Waals surface area contributed by atoms with Crippen molar-refractivity contribution in [2.45, 2.75) is 25.3 Å². The highest BCUT2D eigenvalue weighted by Crippen LogP contribution is 2.34. The molecular weight excluding hydrogens is 223 g/mol. The molecule has 0 saturated heterocycles. The molecule has 1 atom stereocenters. The van der Waals surface area contributed by atoms with Gasteiger partial charge in [-0.05, 0) is 30.9 Å². The van der Waals surface area contributed by atoms with E-state index in [9.17, 15) is 4.39 Å². The second kappa shape index (κ2) is 3.79. The predicted molar refractivity (Wildman–Crippen MR) is 64.0 cm³/mol. The van der Waals surface area contributed by atoms with Gasteiger partial charge in [-0.3, -0.25) is 0 Å². The summed E-state index contributed by atoms with van der Waals surface area (Å²) in [5, 5.41) is 1.03. The Morgan fingerprint density at radius 2 is 2.31 bits per heavy atom. The van der Waals surface area contributed by atoms with Crippen LogP contribution in [0.5, 0.6) is 0 Å². The van der Waals surface area contributed by atoms with Gasteiger partial charge >= 0.3 is 0 Å². The quantitative estimate of drug-likeness (QED) is 0.890. The average molecular weight is 236 g/mol. The number of halogens is 1. The van der Waals surface area contributed by atoms with Crippen molar-refractivity contribution in [2.75, 3.05) is 0 Å². The molecule has 1 fully saturated rings. The Labute approximate surface area is 97.3 Å². The van der Waals surface area contributed by atoms with E-state index in [0.717, 1.165) is 21.6 Å². The van der Waals surface area contributed by atoms with Crippen LogP contribution in [0.25, 0.3) is 10.2 Å². The van der Waals surface area contributed by atoms with Gasteiger partial charge in [0, 0.05) is 18.5 Å². The summed E-state index contributed by atoms with van der Waals surface area (Å²) in [5.41, 5.74) is 6.81. The molecule has 16 heavy (non-hydrogen) atoms. The molecule has 1 aromatic carbocycles. The number of nitrogens with two attached hydrogens (primary N) is 1. The maximum Gasteiger partial charge on any atom is 0.125 e. The lowest BCUT2D eigenvalue weighted by Gasteiger charge is -2.06. The summed E-state index contributed by atoms with van der Waals surface area (Å²) in [6.07, 6.45) is 3.33. The standard InChI is InChI=1S/C12H13FN2S/c13-8-3-4-11-10(5-8)15-12(16-11)6-9(14)7-1-2-7/h3-5,7,9H,1-2,6,14H2. The Morgan fingerprint density at radius 1 is 1.50 bits per heavy atom. The van der Waals surface area contributed by atoms with E-state index in [4.69, 9.17) is 5.73 Å². The highest BCUT2D eigenvalue weighted by Gasteiger charge is 2.29. The summed E-state index contributed by atoms with van der Waals surface area (Å²) in [6.45, 7) is 0. The van der Waals surface area contributed by atoms with Crippen molar-refractivity contribution >= 4 is 21.6 Å².